The zero-order valence-corrected chi connectivity index (χ0v) is 12.7. The second-order valence-electron chi connectivity index (χ2n) is 5.01. The average Bonchev–Trinajstić information content (AvgIpc) is 2.49. The number of aromatic amines is 1. The smallest absolute Gasteiger partial charge is 0.270 e. The van der Waals surface area contributed by atoms with Crippen LogP contribution in [0.4, 0.5) is 11.6 Å². The Bertz CT molecular complexity index is 798. The lowest BCUT2D eigenvalue weighted by Gasteiger charge is -2.03. The number of nitrogens with zero attached hydrogens (tertiary/aromatic N) is 3. The molecule has 0 spiro atoms. The number of nitrogens with two attached hydrogens (primary N) is 1. The van der Waals surface area contributed by atoms with Crippen LogP contribution in [-0.2, 0) is 6.42 Å². The number of aliphatic imine (C=N–C) groups is 1. The predicted octanol–water partition coefficient (Wildman–Crippen LogP) is 1.62. The van der Waals surface area contributed by atoms with Gasteiger partial charge in [0.1, 0.15) is 0 Å². The van der Waals surface area contributed by atoms with E-state index in [0.717, 1.165) is 0 Å². The van der Waals surface area contributed by atoms with E-state index < -0.39 is 4.92 Å². The highest BCUT2D eigenvalue weighted by Gasteiger charge is 2.06. The fourth-order valence-corrected chi connectivity index (χ4v) is 2.16. The van der Waals surface area contributed by atoms with Crippen LogP contribution in [-0.4, -0.2) is 27.7 Å². The highest BCUT2D eigenvalue weighted by atomic mass is 16.6. The Balaban J connectivity index is 1.92. The van der Waals surface area contributed by atoms with Crippen LogP contribution in [0.5, 0.6) is 0 Å². The molecule has 0 aliphatic carbocycles. The van der Waals surface area contributed by atoms with E-state index >= 15 is 0 Å². The number of nitrogens with one attached hydrogen (secondary N) is 1. The third kappa shape index (κ3) is 4.47. The Kier molecular flexibility index (Phi) is 5.19. The minimum Gasteiger partial charge on any atom is -0.369 e. The van der Waals surface area contributed by atoms with Gasteiger partial charge in [-0.2, -0.15) is 0 Å². The van der Waals surface area contributed by atoms with E-state index in [0.29, 0.717) is 36.2 Å². The van der Waals surface area contributed by atoms with Gasteiger partial charge >= 0.3 is 0 Å². The lowest BCUT2D eigenvalue weighted by atomic mass is 10.1. The first-order valence-corrected chi connectivity index (χ1v) is 7.07. The topological polar surface area (TPSA) is 127 Å². The average molecular weight is 315 g/mol. The molecule has 1 aromatic heterocycles. The number of hydrogen-bond donors (Lipinski definition) is 2. The number of non-ortho nitro benzene ring substituents is 1. The molecule has 0 saturated carbocycles. The van der Waals surface area contributed by atoms with Crippen LogP contribution >= 0.6 is 0 Å². The van der Waals surface area contributed by atoms with Crippen molar-refractivity contribution in [3.63, 3.8) is 0 Å². The number of hydrogen-bond acceptors (Lipinski definition) is 6. The van der Waals surface area contributed by atoms with Gasteiger partial charge in [-0.25, -0.2) is 4.98 Å². The molecular formula is C15H17N5O3. The van der Waals surface area contributed by atoms with Crippen molar-refractivity contribution < 1.29 is 4.92 Å². The van der Waals surface area contributed by atoms with Crippen LogP contribution in [0.15, 0.2) is 34.1 Å². The van der Waals surface area contributed by atoms with E-state index in [4.69, 9.17) is 5.73 Å². The molecule has 23 heavy (non-hydrogen) atoms. The van der Waals surface area contributed by atoms with Crippen molar-refractivity contribution in [1.82, 2.24) is 9.97 Å². The summed E-state index contributed by atoms with van der Waals surface area (Å²) in [6.45, 7) is 2.25. The van der Waals surface area contributed by atoms with E-state index in [2.05, 4.69) is 15.0 Å². The first kappa shape index (κ1) is 16.3. The predicted molar refractivity (Wildman–Crippen MR) is 87.9 cm³/mol. The zero-order chi connectivity index (χ0) is 16.8. The number of aromatic nitrogens is 2. The van der Waals surface area contributed by atoms with Gasteiger partial charge in [-0.1, -0.05) is 12.1 Å². The van der Waals surface area contributed by atoms with E-state index in [1.165, 1.54) is 12.1 Å². The van der Waals surface area contributed by atoms with Gasteiger partial charge in [-0.15, -0.1) is 0 Å². The molecule has 0 bridgehead atoms. The number of nitro groups is 1. The van der Waals surface area contributed by atoms with Crippen LogP contribution in [0.2, 0.25) is 0 Å². The van der Waals surface area contributed by atoms with Crippen LogP contribution in [0.3, 0.4) is 0 Å². The molecule has 120 valence electrons. The Hall–Kier alpha value is -3.03. The van der Waals surface area contributed by atoms with Gasteiger partial charge in [0.05, 0.1) is 4.92 Å². The molecule has 0 atom stereocenters. The van der Waals surface area contributed by atoms with Crippen LogP contribution in [0.25, 0.3) is 0 Å². The van der Waals surface area contributed by atoms with Gasteiger partial charge in [0.2, 0.25) is 5.95 Å². The van der Waals surface area contributed by atoms with E-state index in [1.807, 2.05) is 0 Å². The summed E-state index contributed by atoms with van der Waals surface area (Å²) in [7, 11) is 0. The van der Waals surface area contributed by atoms with Crippen molar-refractivity contribution in [1.29, 1.82) is 0 Å². The maximum atomic E-state index is 11.8. The van der Waals surface area contributed by atoms with Crippen LogP contribution in [0.1, 0.15) is 23.2 Å². The number of nitrogen functional groups attached to an aromatic ring is 1. The standard InChI is InChI=1S/C15H17N5O3/c1-10-13(14(21)19-15(16)18-10)6-3-7-17-9-11-4-2-5-12(8-11)20(22)23/h2,4-5,8-9H,3,6-7H2,1H3,(H3,16,18,19,21). The molecule has 8 nitrogen and oxygen atoms in total. The summed E-state index contributed by atoms with van der Waals surface area (Å²) in [5, 5.41) is 10.7. The van der Waals surface area contributed by atoms with Crippen molar-refractivity contribution in [2.45, 2.75) is 19.8 Å². The SMILES string of the molecule is Cc1nc(N)[nH]c(=O)c1CCCN=Cc1cccc([N+](=O)[O-])c1. The third-order valence-electron chi connectivity index (χ3n) is 3.28. The molecule has 0 fully saturated rings. The molecule has 3 N–H and O–H groups in total. The normalized spacial score (nSPS) is 11.0. The largest absolute Gasteiger partial charge is 0.369 e. The van der Waals surface area contributed by atoms with Crippen molar-refractivity contribution in [3.8, 4) is 0 Å². The molecule has 1 aromatic carbocycles. The summed E-state index contributed by atoms with van der Waals surface area (Å²) in [6, 6.07) is 6.25. The molecule has 0 unspecified atom stereocenters. The highest BCUT2D eigenvalue weighted by molar-refractivity contribution is 5.80. The molecule has 2 aromatic rings. The van der Waals surface area contributed by atoms with Crippen LogP contribution in [0, 0.1) is 17.0 Å². The van der Waals surface area contributed by atoms with Gasteiger partial charge in [0.25, 0.3) is 11.2 Å². The second-order valence-corrected chi connectivity index (χ2v) is 5.01. The van der Waals surface area contributed by atoms with E-state index in [1.54, 1.807) is 25.3 Å². The number of aryl methyl sites for hydroxylation is 1. The summed E-state index contributed by atoms with van der Waals surface area (Å²) in [5.41, 5.74) is 7.16. The summed E-state index contributed by atoms with van der Waals surface area (Å²) < 4.78 is 0. The zero-order valence-electron chi connectivity index (χ0n) is 12.7. The Morgan fingerprint density at radius 2 is 2.26 bits per heavy atom. The Labute approximate surface area is 132 Å². The van der Waals surface area contributed by atoms with E-state index in [9.17, 15) is 14.9 Å². The van der Waals surface area contributed by atoms with Gasteiger partial charge < -0.3 is 5.73 Å². The first-order chi connectivity index (χ1) is 11.0. The summed E-state index contributed by atoms with van der Waals surface area (Å²) in [6.07, 6.45) is 2.80. The summed E-state index contributed by atoms with van der Waals surface area (Å²) in [4.78, 5) is 32.7. The molecule has 8 heteroatoms. The molecule has 0 saturated heterocycles. The van der Waals surface area contributed by atoms with Gasteiger partial charge in [-0.3, -0.25) is 24.9 Å². The number of H-pyrrole nitrogens is 1. The minimum absolute atomic E-state index is 0.0315. The molecule has 0 aliphatic heterocycles. The maximum absolute atomic E-state index is 11.8. The number of anilines is 1. The fraction of sp³-hybridized carbons (Fsp3) is 0.267. The second kappa shape index (κ2) is 7.30. The van der Waals surface area contributed by atoms with Crippen LogP contribution < -0.4 is 11.3 Å². The molecule has 0 aliphatic rings. The van der Waals surface area contributed by atoms with E-state index in [-0.39, 0.29) is 17.2 Å². The highest BCUT2D eigenvalue weighted by Crippen LogP contribution is 2.11. The lowest BCUT2D eigenvalue weighted by molar-refractivity contribution is -0.384. The number of benzene rings is 1. The fourth-order valence-electron chi connectivity index (χ4n) is 2.16. The monoisotopic (exact) mass is 315 g/mol. The third-order valence-corrected chi connectivity index (χ3v) is 3.28. The van der Waals surface area contributed by atoms with Crippen molar-refractivity contribution >= 4 is 17.9 Å². The first-order valence-electron chi connectivity index (χ1n) is 7.07. The number of nitro benzene ring substituents is 1. The van der Waals surface area contributed by atoms with Gasteiger partial charge in [0, 0.05) is 36.1 Å². The Morgan fingerprint density at radius 3 is 2.96 bits per heavy atom. The van der Waals surface area contributed by atoms with Crippen molar-refractivity contribution in [3.05, 3.63) is 61.6 Å². The maximum Gasteiger partial charge on any atom is 0.270 e. The summed E-state index contributed by atoms with van der Waals surface area (Å²) in [5.74, 6) is 0.111. The quantitative estimate of drug-likeness (QED) is 0.362. The Morgan fingerprint density at radius 1 is 1.48 bits per heavy atom. The van der Waals surface area contributed by atoms with Crippen molar-refractivity contribution in [2.24, 2.45) is 4.99 Å². The lowest BCUT2D eigenvalue weighted by Crippen LogP contribution is -2.18. The molecular weight excluding hydrogens is 298 g/mol. The molecule has 0 amide bonds. The summed E-state index contributed by atoms with van der Waals surface area (Å²) >= 11 is 0. The molecule has 1 heterocycles. The van der Waals surface area contributed by atoms with Crippen molar-refractivity contribution in [2.75, 3.05) is 12.3 Å². The molecule has 0 radical (unpaired) electrons. The molecule has 2 rings (SSSR count). The van der Waals surface area contributed by atoms with Gasteiger partial charge in [0.15, 0.2) is 0 Å². The minimum atomic E-state index is -0.444. The number of rotatable bonds is 6. The van der Waals surface area contributed by atoms with Gasteiger partial charge in [-0.05, 0) is 25.3 Å².